The molecule has 1 N–H and O–H groups in total. The summed E-state index contributed by atoms with van der Waals surface area (Å²) >= 11 is 3.50. The zero-order valence-corrected chi connectivity index (χ0v) is 28.9. The standard InChI is InChI=1S/C35H34BrF3N2O4Si/c1-20(2)45-24-11-7-21(8-12-24)25-13-9-22(17-28(25)35(37,38)39)33-32-27(26-18-23(36)10-14-29(26)40-32)19-30(34(43)44-3)41(33)31(42)15-16-46(4,5)6/h7-14,17-18,20,30,33,40H,19H2,1-6H3. The van der Waals surface area contributed by atoms with Gasteiger partial charge in [-0.2, -0.15) is 13.2 Å². The Morgan fingerprint density at radius 1 is 1.04 bits per heavy atom. The van der Waals surface area contributed by atoms with Gasteiger partial charge in [-0.25, -0.2) is 4.79 Å². The number of H-pyrrole nitrogens is 1. The topological polar surface area (TPSA) is 71.6 Å². The number of nitrogens with one attached hydrogen (secondary N) is 1. The lowest BCUT2D eigenvalue weighted by molar-refractivity contribution is -0.153. The number of aromatic nitrogens is 1. The Labute approximate surface area is 275 Å². The van der Waals surface area contributed by atoms with Gasteiger partial charge < -0.3 is 19.4 Å². The molecular formula is C35H34BrF3N2O4Si. The van der Waals surface area contributed by atoms with Crippen LogP contribution in [0.5, 0.6) is 5.75 Å². The quantitative estimate of drug-likeness (QED) is 0.129. The number of aromatic amines is 1. The van der Waals surface area contributed by atoms with Crippen molar-refractivity contribution in [2.75, 3.05) is 7.11 Å². The first-order valence-electron chi connectivity index (χ1n) is 14.8. The number of alkyl halides is 3. The highest BCUT2D eigenvalue weighted by Crippen LogP contribution is 2.45. The SMILES string of the molecule is COC(=O)C1Cc2c([nH]c3ccc(Br)cc23)C(c2ccc(-c3ccc(OC(C)C)cc3)c(C(F)(F)F)c2)N1C(=O)C#C[Si](C)(C)C. The molecule has 3 aromatic carbocycles. The van der Waals surface area contributed by atoms with E-state index in [9.17, 15) is 22.8 Å². The number of esters is 1. The molecule has 0 bridgehead atoms. The Balaban J connectivity index is 1.74. The van der Waals surface area contributed by atoms with Gasteiger partial charge in [0.25, 0.3) is 5.91 Å². The number of carbonyl (C=O) groups excluding carboxylic acids is 2. The Bertz CT molecular complexity index is 1870. The van der Waals surface area contributed by atoms with Gasteiger partial charge in [0.1, 0.15) is 19.9 Å². The molecule has 0 spiro atoms. The summed E-state index contributed by atoms with van der Waals surface area (Å²) < 4.78 is 56.0. The average molecular weight is 712 g/mol. The largest absolute Gasteiger partial charge is 0.491 e. The lowest BCUT2D eigenvalue weighted by Crippen LogP contribution is -2.51. The monoisotopic (exact) mass is 710 g/mol. The molecule has 46 heavy (non-hydrogen) atoms. The van der Waals surface area contributed by atoms with Gasteiger partial charge in [0.2, 0.25) is 0 Å². The lowest BCUT2D eigenvalue weighted by atomic mass is 9.86. The normalized spacial score (nSPS) is 16.5. The predicted molar refractivity (Wildman–Crippen MR) is 178 cm³/mol. The summed E-state index contributed by atoms with van der Waals surface area (Å²) in [6.07, 6.45) is -4.71. The van der Waals surface area contributed by atoms with E-state index in [2.05, 4.69) is 32.4 Å². The summed E-state index contributed by atoms with van der Waals surface area (Å²) in [5.41, 5.74) is 4.65. The van der Waals surface area contributed by atoms with Gasteiger partial charge in [-0.1, -0.05) is 59.8 Å². The van der Waals surface area contributed by atoms with Crippen molar-refractivity contribution in [2.24, 2.45) is 0 Å². The van der Waals surface area contributed by atoms with Gasteiger partial charge in [-0.15, -0.1) is 5.54 Å². The third-order valence-corrected chi connectivity index (χ3v) is 9.01. The van der Waals surface area contributed by atoms with Crippen LogP contribution in [0.3, 0.4) is 0 Å². The summed E-state index contributed by atoms with van der Waals surface area (Å²) in [6.45, 7) is 9.66. The number of methoxy groups -OCH3 is 1. The van der Waals surface area contributed by atoms with Crippen LogP contribution in [-0.4, -0.2) is 49.1 Å². The minimum Gasteiger partial charge on any atom is -0.491 e. The highest BCUT2D eigenvalue weighted by molar-refractivity contribution is 9.10. The molecule has 0 saturated heterocycles. The van der Waals surface area contributed by atoms with E-state index in [-0.39, 0.29) is 23.7 Å². The average Bonchev–Trinajstić information content (AvgIpc) is 3.35. The molecule has 240 valence electrons. The Morgan fingerprint density at radius 3 is 2.35 bits per heavy atom. The summed E-state index contributed by atoms with van der Waals surface area (Å²) in [7, 11) is -0.809. The molecule has 2 atom stereocenters. The third kappa shape index (κ3) is 6.88. The van der Waals surface area contributed by atoms with E-state index in [1.54, 1.807) is 30.3 Å². The maximum absolute atomic E-state index is 14.8. The number of benzene rings is 3. The van der Waals surface area contributed by atoms with E-state index in [4.69, 9.17) is 9.47 Å². The third-order valence-electron chi connectivity index (χ3n) is 7.64. The molecule has 5 rings (SSSR count). The summed E-state index contributed by atoms with van der Waals surface area (Å²) in [6, 6.07) is 13.9. The molecule has 1 aromatic heterocycles. The van der Waals surface area contributed by atoms with Gasteiger partial charge in [0.05, 0.1) is 24.8 Å². The van der Waals surface area contributed by atoms with Crippen LogP contribution in [0.15, 0.2) is 65.1 Å². The van der Waals surface area contributed by atoms with Crippen LogP contribution in [0.2, 0.25) is 19.6 Å². The lowest BCUT2D eigenvalue weighted by Gasteiger charge is -2.40. The molecule has 0 radical (unpaired) electrons. The van der Waals surface area contributed by atoms with Crippen LogP contribution < -0.4 is 4.74 Å². The van der Waals surface area contributed by atoms with E-state index >= 15 is 0 Å². The van der Waals surface area contributed by atoms with E-state index < -0.39 is 43.8 Å². The molecule has 4 aromatic rings. The number of ether oxygens (including phenoxy) is 2. The zero-order chi connectivity index (χ0) is 33.6. The van der Waals surface area contributed by atoms with Crippen molar-refractivity contribution in [1.29, 1.82) is 0 Å². The Kier molecular flexibility index (Phi) is 9.17. The zero-order valence-electron chi connectivity index (χ0n) is 26.3. The maximum Gasteiger partial charge on any atom is 0.417 e. The number of nitrogens with zero attached hydrogens (tertiary/aromatic N) is 1. The van der Waals surface area contributed by atoms with Gasteiger partial charge in [0, 0.05) is 27.5 Å². The molecule has 0 fully saturated rings. The molecule has 2 heterocycles. The molecule has 1 amide bonds. The van der Waals surface area contributed by atoms with Crippen molar-refractivity contribution in [3.8, 4) is 28.3 Å². The molecule has 2 unspecified atom stereocenters. The number of carbonyl (C=O) groups is 2. The number of fused-ring (bicyclic) bond motifs is 3. The highest BCUT2D eigenvalue weighted by Gasteiger charge is 2.45. The van der Waals surface area contributed by atoms with Crippen LogP contribution in [0.1, 0.15) is 42.3 Å². The molecule has 0 saturated carbocycles. The second-order valence-corrected chi connectivity index (χ2v) is 18.2. The summed E-state index contributed by atoms with van der Waals surface area (Å²) in [5.74, 6) is 1.92. The number of hydrogen-bond acceptors (Lipinski definition) is 4. The van der Waals surface area contributed by atoms with Crippen molar-refractivity contribution in [2.45, 2.75) is 64.3 Å². The van der Waals surface area contributed by atoms with Crippen LogP contribution in [-0.2, 0) is 26.9 Å². The second kappa shape index (κ2) is 12.6. The van der Waals surface area contributed by atoms with Crippen molar-refractivity contribution < 1.29 is 32.2 Å². The number of rotatable bonds is 5. The Hall–Kier alpha value is -4.01. The first-order valence-corrected chi connectivity index (χ1v) is 19.1. The van der Waals surface area contributed by atoms with Crippen LogP contribution >= 0.6 is 15.9 Å². The Morgan fingerprint density at radius 2 is 1.74 bits per heavy atom. The highest BCUT2D eigenvalue weighted by atomic mass is 79.9. The smallest absolute Gasteiger partial charge is 0.417 e. The first kappa shape index (κ1) is 33.4. The predicted octanol–water partition coefficient (Wildman–Crippen LogP) is 8.30. The molecule has 6 nitrogen and oxygen atoms in total. The fourth-order valence-electron chi connectivity index (χ4n) is 5.73. The van der Waals surface area contributed by atoms with Gasteiger partial charge >= 0.3 is 12.1 Å². The van der Waals surface area contributed by atoms with E-state index in [0.29, 0.717) is 17.0 Å². The van der Waals surface area contributed by atoms with Gasteiger partial charge in [-0.05, 0) is 78.4 Å². The maximum atomic E-state index is 14.8. The molecular weight excluding hydrogens is 677 g/mol. The molecule has 1 aliphatic heterocycles. The fourth-order valence-corrected chi connectivity index (χ4v) is 6.58. The van der Waals surface area contributed by atoms with Crippen LogP contribution in [0, 0.1) is 11.5 Å². The molecule has 11 heteroatoms. The van der Waals surface area contributed by atoms with Gasteiger partial charge in [0.15, 0.2) is 0 Å². The first-order chi connectivity index (χ1) is 21.6. The van der Waals surface area contributed by atoms with E-state index in [1.807, 2.05) is 51.7 Å². The molecule has 1 aliphatic rings. The van der Waals surface area contributed by atoms with Gasteiger partial charge in [-0.3, -0.25) is 4.79 Å². The second-order valence-electron chi connectivity index (χ2n) is 12.6. The van der Waals surface area contributed by atoms with Crippen LogP contribution in [0.4, 0.5) is 13.2 Å². The van der Waals surface area contributed by atoms with E-state index in [0.717, 1.165) is 27.0 Å². The minimum absolute atomic E-state index is 0.0233. The number of hydrogen-bond donors (Lipinski definition) is 1. The number of halogens is 4. The summed E-state index contributed by atoms with van der Waals surface area (Å²) in [4.78, 5) is 31.8. The van der Waals surface area contributed by atoms with Crippen molar-refractivity contribution in [3.63, 3.8) is 0 Å². The summed E-state index contributed by atoms with van der Waals surface area (Å²) in [5, 5.41) is 0.792. The van der Waals surface area contributed by atoms with E-state index in [1.165, 1.54) is 18.1 Å². The van der Waals surface area contributed by atoms with Crippen molar-refractivity contribution in [1.82, 2.24) is 9.88 Å². The fraction of sp³-hybridized carbons (Fsp3) is 0.314. The number of amides is 1. The molecule has 0 aliphatic carbocycles. The minimum atomic E-state index is -4.73. The van der Waals surface area contributed by atoms with Crippen LogP contribution in [0.25, 0.3) is 22.0 Å². The van der Waals surface area contributed by atoms with Crippen molar-refractivity contribution >= 4 is 46.8 Å². The van der Waals surface area contributed by atoms with Crippen molar-refractivity contribution in [3.05, 3.63) is 87.5 Å².